The Morgan fingerprint density at radius 1 is 1.10 bits per heavy atom. The molecule has 150 valence electrons. The summed E-state index contributed by atoms with van der Waals surface area (Å²) in [4.78, 5) is 4.43. The van der Waals surface area contributed by atoms with Crippen LogP contribution in [-0.2, 0) is 22.1 Å². The van der Waals surface area contributed by atoms with Gasteiger partial charge in [-0.05, 0) is 47.7 Å². The van der Waals surface area contributed by atoms with Crippen molar-refractivity contribution < 1.29 is 13.3 Å². The molecule has 0 radical (unpaired) electrons. The fourth-order valence-electron chi connectivity index (χ4n) is 3.97. The molecule has 4 rings (SSSR count). The Labute approximate surface area is 173 Å². The molecule has 0 bridgehead atoms. The monoisotopic (exact) mass is 410 g/mol. The number of hydrogen-bond donors (Lipinski definition) is 0. The van der Waals surface area contributed by atoms with Crippen molar-refractivity contribution in [3.63, 3.8) is 0 Å². The zero-order valence-electron chi connectivity index (χ0n) is 17.1. The van der Waals surface area contributed by atoms with Crippen molar-refractivity contribution in [2.45, 2.75) is 18.4 Å². The van der Waals surface area contributed by atoms with Crippen LogP contribution in [0.25, 0.3) is 10.8 Å². The number of anilines is 2. The van der Waals surface area contributed by atoms with Crippen LogP contribution < -0.4 is 15.2 Å². The van der Waals surface area contributed by atoms with Crippen molar-refractivity contribution in [2.24, 2.45) is 0 Å². The van der Waals surface area contributed by atoms with Gasteiger partial charge in [0.2, 0.25) is 0 Å². The lowest BCUT2D eigenvalue weighted by Crippen LogP contribution is -2.46. The molecule has 0 amide bonds. The van der Waals surface area contributed by atoms with Crippen LogP contribution in [-0.4, -0.2) is 38.2 Å². The molecule has 7 heteroatoms. The summed E-state index contributed by atoms with van der Waals surface area (Å²) in [6, 6.07) is 15.6. The number of rotatable bonds is 5. The van der Waals surface area contributed by atoms with Gasteiger partial charge in [0.15, 0.2) is 0 Å². The molecule has 0 saturated carbocycles. The summed E-state index contributed by atoms with van der Waals surface area (Å²) >= 11 is 0. The minimum atomic E-state index is -1.35. The van der Waals surface area contributed by atoms with Crippen LogP contribution in [0.3, 0.4) is 0 Å². The van der Waals surface area contributed by atoms with Crippen LogP contribution in [0, 0.1) is 5.82 Å². The van der Waals surface area contributed by atoms with Gasteiger partial charge in [0.05, 0.1) is 22.3 Å². The highest BCUT2D eigenvalue weighted by Crippen LogP contribution is 2.35. The molecule has 1 atom stereocenters. The van der Waals surface area contributed by atoms with E-state index in [1.165, 1.54) is 6.07 Å². The lowest BCUT2D eigenvalue weighted by Gasteiger charge is -2.27. The molecule has 0 saturated heterocycles. The molecular weight excluding hydrogens is 386 g/mol. The first kappa shape index (κ1) is 19.9. The van der Waals surface area contributed by atoms with E-state index in [0.29, 0.717) is 12.4 Å². The highest BCUT2D eigenvalue weighted by Gasteiger charge is 2.36. The minimum absolute atomic E-state index is 0.252. The summed E-state index contributed by atoms with van der Waals surface area (Å²) in [6.45, 7) is 2.13. The normalized spacial score (nSPS) is 14.2. The quantitative estimate of drug-likeness (QED) is 0.603. The lowest BCUT2D eigenvalue weighted by molar-refractivity contribution is 0.329. The van der Waals surface area contributed by atoms with Gasteiger partial charge in [-0.15, -0.1) is 0 Å². The standard InChI is InChI=1S/C22H24BFN2O2S/c1-5-29(27)21-13-17-16(12-18(21)24)14-28-23(17)26(4)20-11-7-9-15-8-6-10-19(22(15)20)25(2)3/h6-13H,5,14H2,1-4H3. The third kappa shape index (κ3) is 3.42. The summed E-state index contributed by atoms with van der Waals surface area (Å²) in [5.41, 5.74) is 3.84. The maximum absolute atomic E-state index is 14.4. The van der Waals surface area contributed by atoms with E-state index in [2.05, 4.69) is 40.0 Å². The SMILES string of the molecule is CCS(=O)c1cc2c(cc1F)COB2N(C)c1cccc2cccc(N(C)C)c12. The highest BCUT2D eigenvalue weighted by molar-refractivity contribution is 7.85. The van der Waals surface area contributed by atoms with Crippen LogP contribution in [0.5, 0.6) is 0 Å². The van der Waals surface area contributed by atoms with E-state index in [0.717, 1.165) is 33.2 Å². The van der Waals surface area contributed by atoms with E-state index < -0.39 is 16.6 Å². The second-order valence-corrected chi connectivity index (χ2v) is 9.14. The van der Waals surface area contributed by atoms with Crippen molar-refractivity contribution in [3.05, 3.63) is 59.9 Å². The van der Waals surface area contributed by atoms with Crippen LogP contribution in [0.4, 0.5) is 15.8 Å². The number of nitrogens with zero attached hydrogens (tertiary/aromatic N) is 2. The van der Waals surface area contributed by atoms with Crippen molar-refractivity contribution in [1.82, 2.24) is 0 Å². The molecule has 0 fully saturated rings. The largest absolute Gasteiger partial charge is 0.452 e. The maximum Gasteiger partial charge on any atom is 0.452 e. The van der Waals surface area contributed by atoms with Gasteiger partial charge in [-0.3, -0.25) is 4.21 Å². The Kier molecular flexibility index (Phi) is 5.36. The summed E-state index contributed by atoms with van der Waals surface area (Å²) < 4.78 is 32.8. The topological polar surface area (TPSA) is 32.8 Å². The Balaban J connectivity index is 1.82. The third-order valence-corrected chi connectivity index (χ3v) is 6.77. The molecule has 1 aliphatic rings. The van der Waals surface area contributed by atoms with Gasteiger partial charge in [-0.2, -0.15) is 0 Å². The predicted molar refractivity (Wildman–Crippen MR) is 120 cm³/mol. The molecule has 4 nitrogen and oxygen atoms in total. The first-order valence-electron chi connectivity index (χ1n) is 9.66. The first-order valence-corrected chi connectivity index (χ1v) is 11.0. The van der Waals surface area contributed by atoms with Crippen molar-refractivity contribution in [3.8, 4) is 0 Å². The Bertz CT molecular complexity index is 1100. The molecule has 1 heterocycles. The average Bonchev–Trinajstić information content (AvgIpc) is 3.13. The second-order valence-electron chi connectivity index (χ2n) is 7.44. The number of hydrogen-bond acceptors (Lipinski definition) is 4. The molecular formula is C22H24BFN2O2S. The second kappa shape index (κ2) is 7.80. The molecule has 1 aliphatic heterocycles. The molecule has 0 N–H and O–H groups in total. The summed E-state index contributed by atoms with van der Waals surface area (Å²) in [5.74, 6) is -0.0389. The van der Waals surface area contributed by atoms with Crippen LogP contribution in [0.15, 0.2) is 53.4 Å². The molecule has 0 aromatic heterocycles. The third-order valence-electron chi connectivity index (χ3n) is 5.44. The first-order chi connectivity index (χ1) is 13.9. The summed E-state index contributed by atoms with van der Waals surface area (Å²) in [5, 5.41) is 2.28. The maximum atomic E-state index is 14.4. The van der Waals surface area contributed by atoms with Crippen molar-refractivity contribution in [2.75, 3.05) is 36.6 Å². The zero-order chi connectivity index (χ0) is 20.7. The van der Waals surface area contributed by atoms with Crippen molar-refractivity contribution in [1.29, 1.82) is 0 Å². The van der Waals surface area contributed by atoms with Gasteiger partial charge in [0, 0.05) is 36.6 Å². The van der Waals surface area contributed by atoms with E-state index in [1.807, 2.05) is 27.2 Å². The molecule has 3 aromatic rings. The van der Waals surface area contributed by atoms with Gasteiger partial charge in [0.25, 0.3) is 0 Å². The smallest absolute Gasteiger partial charge is 0.409 e. The summed E-state index contributed by atoms with van der Waals surface area (Å²) in [6.07, 6.45) is 0. The fourth-order valence-corrected chi connectivity index (χ4v) is 4.81. The zero-order valence-corrected chi connectivity index (χ0v) is 17.9. The Hall–Kier alpha value is -2.38. The minimum Gasteiger partial charge on any atom is -0.409 e. The number of benzene rings is 3. The van der Waals surface area contributed by atoms with Gasteiger partial charge in [0.1, 0.15) is 5.82 Å². The number of halogens is 1. The molecule has 0 aliphatic carbocycles. The summed E-state index contributed by atoms with van der Waals surface area (Å²) in [7, 11) is 4.33. The molecule has 3 aromatic carbocycles. The Morgan fingerprint density at radius 2 is 1.79 bits per heavy atom. The van der Waals surface area contributed by atoms with E-state index in [9.17, 15) is 8.60 Å². The number of fused-ring (bicyclic) bond motifs is 2. The fraction of sp³-hybridized carbons (Fsp3) is 0.273. The van der Waals surface area contributed by atoms with Crippen LogP contribution in [0.1, 0.15) is 12.5 Å². The van der Waals surface area contributed by atoms with E-state index in [-0.39, 0.29) is 11.9 Å². The van der Waals surface area contributed by atoms with Crippen LogP contribution >= 0.6 is 0 Å². The van der Waals surface area contributed by atoms with E-state index >= 15 is 0 Å². The lowest BCUT2D eigenvalue weighted by atomic mass is 9.71. The van der Waals surface area contributed by atoms with Gasteiger partial charge in [-0.25, -0.2) is 4.39 Å². The molecule has 29 heavy (non-hydrogen) atoms. The highest BCUT2D eigenvalue weighted by atomic mass is 32.2. The Morgan fingerprint density at radius 3 is 2.45 bits per heavy atom. The average molecular weight is 410 g/mol. The molecule has 0 spiro atoms. The van der Waals surface area contributed by atoms with E-state index in [1.54, 1.807) is 13.0 Å². The van der Waals surface area contributed by atoms with Crippen LogP contribution in [0.2, 0.25) is 0 Å². The van der Waals surface area contributed by atoms with Gasteiger partial charge >= 0.3 is 7.05 Å². The van der Waals surface area contributed by atoms with E-state index in [4.69, 9.17) is 4.65 Å². The van der Waals surface area contributed by atoms with Gasteiger partial charge < -0.3 is 14.4 Å². The predicted octanol–water partition coefficient (Wildman–Crippen LogP) is 3.53. The van der Waals surface area contributed by atoms with Gasteiger partial charge in [-0.1, -0.05) is 31.2 Å². The molecule has 1 unspecified atom stereocenters. The van der Waals surface area contributed by atoms with Crippen molar-refractivity contribution >= 4 is 45.5 Å².